The van der Waals surface area contributed by atoms with Gasteiger partial charge in [-0.1, -0.05) is 48.5 Å². The Hall–Kier alpha value is -1.80. The lowest BCUT2D eigenvalue weighted by molar-refractivity contribution is 0.185. The Balaban J connectivity index is 1.79. The maximum atomic E-state index is 5.20. The lowest BCUT2D eigenvalue weighted by atomic mass is 10.1. The molecule has 0 aliphatic heterocycles. The SMILES string of the molecule is COCc1ccccc1NCCCc1ccccc1. The summed E-state index contributed by atoms with van der Waals surface area (Å²) in [5.74, 6) is 0. The molecule has 0 saturated carbocycles. The first-order chi connectivity index (χ1) is 9.40. The maximum Gasteiger partial charge on any atom is 0.0733 e. The Morgan fingerprint density at radius 2 is 1.68 bits per heavy atom. The monoisotopic (exact) mass is 255 g/mol. The van der Waals surface area contributed by atoms with Crippen LogP contribution in [0.15, 0.2) is 54.6 Å². The fourth-order valence-corrected chi connectivity index (χ4v) is 2.13. The van der Waals surface area contributed by atoms with E-state index in [0.717, 1.165) is 19.4 Å². The predicted molar refractivity (Wildman–Crippen MR) is 80.4 cm³/mol. The molecule has 2 nitrogen and oxygen atoms in total. The van der Waals surface area contributed by atoms with Gasteiger partial charge >= 0.3 is 0 Å². The second-order valence-electron chi connectivity index (χ2n) is 4.61. The van der Waals surface area contributed by atoms with Crippen LogP contribution in [0.2, 0.25) is 0 Å². The zero-order valence-electron chi connectivity index (χ0n) is 11.4. The summed E-state index contributed by atoms with van der Waals surface area (Å²) in [5, 5.41) is 3.49. The summed E-state index contributed by atoms with van der Waals surface area (Å²) in [7, 11) is 1.73. The van der Waals surface area contributed by atoms with E-state index in [1.165, 1.54) is 16.8 Å². The summed E-state index contributed by atoms with van der Waals surface area (Å²) >= 11 is 0. The highest BCUT2D eigenvalue weighted by Gasteiger charge is 2.00. The van der Waals surface area contributed by atoms with E-state index in [2.05, 4.69) is 53.8 Å². The normalized spacial score (nSPS) is 10.4. The molecule has 19 heavy (non-hydrogen) atoms. The molecule has 1 N–H and O–H groups in total. The van der Waals surface area contributed by atoms with Crippen molar-refractivity contribution in [2.75, 3.05) is 19.0 Å². The van der Waals surface area contributed by atoms with Crippen LogP contribution in [-0.4, -0.2) is 13.7 Å². The molecule has 0 radical (unpaired) electrons. The van der Waals surface area contributed by atoms with Gasteiger partial charge in [0, 0.05) is 24.9 Å². The Morgan fingerprint density at radius 3 is 2.47 bits per heavy atom. The number of para-hydroxylation sites is 1. The highest BCUT2D eigenvalue weighted by atomic mass is 16.5. The van der Waals surface area contributed by atoms with Crippen LogP contribution in [-0.2, 0) is 17.8 Å². The van der Waals surface area contributed by atoms with Gasteiger partial charge in [-0.05, 0) is 24.5 Å². The lowest BCUT2D eigenvalue weighted by Crippen LogP contribution is -2.05. The third-order valence-electron chi connectivity index (χ3n) is 3.12. The summed E-state index contributed by atoms with van der Waals surface area (Å²) in [6.07, 6.45) is 2.24. The molecule has 2 rings (SSSR count). The molecule has 0 fully saturated rings. The van der Waals surface area contributed by atoms with Crippen molar-refractivity contribution in [3.63, 3.8) is 0 Å². The number of nitrogens with one attached hydrogen (secondary N) is 1. The minimum atomic E-state index is 0.655. The van der Waals surface area contributed by atoms with Crippen molar-refractivity contribution in [1.82, 2.24) is 0 Å². The highest BCUT2D eigenvalue weighted by molar-refractivity contribution is 5.50. The van der Waals surface area contributed by atoms with E-state index in [1.807, 2.05) is 6.07 Å². The summed E-state index contributed by atoms with van der Waals surface area (Å²) in [6, 6.07) is 18.9. The first kappa shape index (κ1) is 13.6. The average molecular weight is 255 g/mol. The molecule has 2 aromatic rings. The fourth-order valence-electron chi connectivity index (χ4n) is 2.13. The zero-order chi connectivity index (χ0) is 13.3. The van der Waals surface area contributed by atoms with Crippen LogP contribution in [0.4, 0.5) is 5.69 Å². The van der Waals surface area contributed by atoms with E-state index in [4.69, 9.17) is 4.74 Å². The summed E-state index contributed by atoms with van der Waals surface area (Å²) in [6.45, 7) is 1.64. The topological polar surface area (TPSA) is 21.3 Å². The van der Waals surface area contributed by atoms with Crippen LogP contribution in [0.25, 0.3) is 0 Å². The lowest BCUT2D eigenvalue weighted by Gasteiger charge is -2.11. The van der Waals surface area contributed by atoms with Gasteiger partial charge in [-0.3, -0.25) is 0 Å². The van der Waals surface area contributed by atoms with Gasteiger partial charge in [0.25, 0.3) is 0 Å². The van der Waals surface area contributed by atoms with E-state index in [1.54, 1.807) is 7.11 Å². The van der Waals surface area contributed by atoms with Crippen molar-refractivity contribution in [2.45, 2.75) is 19.4 Å². The van der Waals surface area contributed by atoms with E-state index in [-0.39, 0.29) is 0 Å². The van der Waals surface area contributed by atoms with Gasteiger partial charge in [0.05, 0.1) is 6.61 Å². The van der Waals surface area contributed by atoms with Gasteiger partial charge in [0.1, 0.15) is 0 Å². The van der Waals surface area contributed by atoms with E-state index < -0.39 is 0 Å². The summed E-state index contributed by atoms with van der Waals surface area (Å²) in [5.41, 5.74) is 3.79. The molecule has 0 aliphatic rings. The first-order valence-corrected chi connectivity index (χ1v) is 6.75. The predicted octanol–water partition coefficient (Wildman–Crippen LogP) is 3.88. The molecular formula is C17H21NO. The van der Waals surface area contributed by atoms with Crippen LogP contribution in [0.5, 0.6) is 0 Å². The molecule has 2 aromatic carbocycles. The molecule has 2 heteroatoms. The summed E-state index contributed by atoms with van der Waals surface area (Å²) < 4.78 is 5.20. The third-order valence-corrected chi connectivity index (χ3v) is 3.12. The van der Waals surface area contributed by atoms with Crippen molar-refractivity contribution in [3.8, 4) is 0 Å². The van der Waals surface area contributed by atoms with Crippen molar-refractivity contribution < 1.29 is 4.74 Å². The molecular weight excluding hydrogens is 234 g/mol. The Morgan fingerprint density at radius 1 is 0.947 bits per heavy atom. The zero-order valence-corrected chi connectivity index (χ0v) is 11.4. The Kier molecular flexibility index (Phi) is 5.45. The third kappa shape index (κ3) is 4.42. The highest BCUT2D eigenvalue weighted by Crippen LogP contribution is 2.15. The van der Waals surface area contributed by atoms with Crippen LogP contribution in [0.1, 0.15) is 17.5 Å². The Labute approximate surface area is 115 Å². The van der Waals surface area contributed by atoms with Crippen LogP contribution < -0.4 is 5.32 Å². The number of benzene rings is 2. The number of rotatable bonds is 7. The molecule has 0 unspecified atom stereocenters. The van der Waals surface area contributed by atoms with Crippen molar-refractivity contribution in [1.29, 1.82) is 0 Å². The fraction of sp³-hybridized carbons (Fsp3) is 0.294. The molecule has 0 atom stereocenters. The first-order valence-electron chi connectivity index (χ1n) is 6.75. The minimum absolute atomic E-state index is 0.655. The molecule has 0 amide bonds. The van der Waals surface area contributed by atoms with Crippen molar-refractivity contribution >= 4 is 5.69 Å². The van der Waals surface area contributed by atoms with Crippen LogP contribution in [0.3, 0.4) is 0 Å². The van der Waals surface area contributed by atoms with E-state index >= 15 is 0 Å². The van der Waals surface area contributed by atoms with E-state index in [0.29, 0.717) is 6.61 Å². The van der Waals surface area contributed by atoms with Crippen molar-refractivity contribution in [3.05, 3.63) is 65.7 Å². The van der Waals surface area contributed by atoms with Gasteiger partial charge in [0.2, 0.25) is 0 Å². The van der Waals surface area contributed by atoms with Gasteiger partial charge in [-0.2, -0.15) is 0 Å². The van der Waals surface area contributed by atoms with Crippen LogP contribution in [0, 0.1) is 0 Å². The maximum absolute atomic E-state index is 5.20. The second-order valence-corrected chi connectivity index (χ2v) is 4.61. The molecule has 0 aromatic heterocycles. The number of ether oxygens (including phenoxy) is 1. The number of anilines is 1. The van der Waals surface area contributed by atoms with Gasteiger partial charge in [-0.15, -0.1) is 0 Å². The molecule has 0 saturated heterocycles. The molecule has 0 bridgehead atoms. The van der Waals surface area contributed by atoms with Gasteiger partial charge in [0.15, 0.2) is 0 Å². The van der Waals surface area contributed by atoms with E-state index in [9.17, 15) is 0 Å². The average Bonchev–Trinajstić information content (AvgIpc) is 2.47. The van der Waals surface area contributed by atoms with Gasteiger partial charge < -0.3 is 10.1 Å². The van der Waals surface area contributed by atoms with Gasteiger partial charge in [-0.25, -0.2) is 0 Å². The van der Waals surface area contributed by atoms with Crippen molar-refractivity contribution in [2.24, 2.45) is 0 Å². The number of aryl methyl sites for hydroxylation is 1. The largest absolute Gasteiger partial charge is 0.385 e. The quantitative estimate of drug-likeness (QED) is 0.758. The number of hydrogen-bond donors (Lipinski definition) is 1. The summed E-state index contributed by atoms with van der Waals surface area (Å²) in [4.78, 5) is 0. The molecule has 0 heterocycles. The standard InChI is InChI=1S/C17H21NO/c1-19-14-16-11-5-6-12-17(16)18-13-7-10-15-8-3-2-4-9-15/h2-6,8-9,11-12,18H,7,10,13-14H2,1H3. The number of methoxy groups -OCH3 is 1. The molecule has 0 aliphatic carbocycles. The smallest absolute Gasteiger partial charge is 0.0733 e. The van der Waals surface area contributed by atoms with Crippen LogP contribution >= 0.6 is 0 Å². The molecule has 0 spiro atoms. The molecule has 100 valence electrons. The minimum Gasteiger partial charge on any atom is -0.385 e. The Bertz CT molecular complexity index is 482. The second kappa shape index (κ2) is 7.59. The number of hydrogen-bond acceptors (Lipinski definition) is 2.